The molecule has 1 N–H and O–H groups in total. The molecule has 1 unspecified atom stereocenters. The number of carbonyl (C=O) groups excluding carboxylic acids is 1. The first-order valence-electron chi connectivity index (χ1n) is 8.05. The molecule has 1 fully saturated rings. The van der Waals surface area contributed by atoms with Gasteiger partial charge in [0.1, 0.15) is 9.75 Å². The van der Waals surface area contributed by atoms with Crippen LogP contribution in [-0.2, 0) is 19.6 Å². The van der Waals surface area contributed by atoms with E-state index in [9.17, 15) is 23.1 Å². The molecular weight excluding hydrogens is 364 g/mol. The highest BCUT2D eigenvalue weighted by molar-refractivity contribution is 7.91. The van der Waals surface area contributed by atoms with Gasteiger partial charge in [-0.25, -0.2) is 13.2 Å². The third kappa shape index (κ3) is 3.88. The molecule has 0 bridgehead atoms. The van der Waals surface area contributed by atoms with Crippen molar-refractivity contribution in [2.24, 2.45) is 5.92 Å². The molecule has 140 valence electrons. The number of likely N-dealkylation sites (N-methyl/N-ethyl adjacent to an activating group) is 1. The molecule has 2 rings (SSSR count). The van der Waals surface area contributed by atoms with Crippen LogP contribution in [0.15, 0.2) is 16.3 Å². The Morgan fingerprint density at radius 1 is 1.36 bits per heavy atom. The van der Waals surface area contributed by atoms with Crippen LogP contribution in [-0.4, -0.2) is 60.3 Å². The van der Waals surface area contributed by atoms with E-state index in [0.717, 1.165) is 4.88 Å². The summed E-state index contributed by atoms with van der Waals surface area (Å²) in [5, 5.41) is 9.29. The van der Waals surface area contributed by atoms with E-state index in [1.165, 1.54) is 41.4 Å². The fourth-order valence-electron chi connectivity index (χ4n) is 2.73. The fraction of sp³-hybridized carbons (Fsp3) is 0.625. The Hall–Kier alpha value is -1.45. The number of aryl methyl sites for hydroxylation is 1. The van der Waals surface area contributed by atoms with Crippen LogP contribution in [0.3, 0.4) is 0 Å². The van der Waals surface area contributed by atoms with Gasteiger partial charge < -0.3 is 10.0 Å². The van der Waals surface area contributed by atoms with Gasteiger partial charge in [0, 0.05) is 25.0 Å². The lowest BCUT2D eigenvalue weighted by Crippen LogP contribution is -2.55. The van der Waals surface area contributed by atoms with E-state index in [4.69, 9.17) is 0 Å². The van der Waals surface area contributed by atoms with Gasteiger partial charge in [-0.05, 0) is 45.7 Å². The number of aliphatic carboxylic acids is 1. The molecule has 0 radical (unpaired) electrons. The molecule has 9 heteroatoms. The average molecular weight is 389 g/mol. The van der Waals surface area contributed by atoms with Gasteiger partial charge in [-0.3, -0.25) is 4.79 Å². The average Bonchev–Trinajstić information content (AvgIpc) is 3.00. The maximum atomic E-state index is 12.8. The first-order valence-corrected chi connectivity index (χ1v) is 10.3. The molecule has 1 aliphatic heterocycles. The number of carbonyl (C=O) groups is 2. The van der Waals surface area contributed by atoms with Crippen molar-refractivity contribution in [3.05, 3.63) is 17.0 Å². The van der Waals surface area contributed by atoms with Crippen molar-refractivity contribution >= 4 is 33.2 Å². The maximum absolute atomic E-state index is 12.8. The van der Waals surface area contributed by atoms with Crippen LogP contribution in [0.25, 0.3) is 0 Å². The van der Waals surface area contributed by atoms with E-state index in [2.05, 4.69) is 0 Å². The normalized spacial score (nSPS) is 19.6. The van der Waals surface area contributed by atoms with Crippen molar-refractivity contribution in [2.75, 3.05) is 20.1 Å². The van der Waals surface area contributed by atoms with Crippen molar-refractivity contribution < 1.29 is 23.1 Å². The second kappa shape index (κ2) is 7.05. The second-order valence-electron chi connectivity index (χ2n) is 6.83. The summed E-state index contributed by atoms with van der Waals surface area (Å²) in [4.78, 5) is 26.2. The van der Waals surface area contributed by atoms with E-state index in [1.807, 2.05) is 6.92 Å². The van der Waals surface area contributed by atoms with Crippen molar-refractivity contribution in [3.8, 4) is 0 Å². The quantitative estimate of drug-likeness (QED) is 0.830. The number of carboxylic acids is 1. The summed E-state index contributed by atoms with van der Waals surface area (Å²) in [5.41, 5.74) is -1.34. The van der Waals surface area contributed by atoms with Gasteiger partial charge in [0.15, 0.2) is 0 Å². The number of piperidine rings is 1. The molecule has 1 aromatic heterocycles. The molecule has 0 aromatic carbocycles. The zero-order chi connectivity index (χ0) is 19.0. The smallest absolute Gasteiger partial charge is 0.329 e. The monoisotopic (exact) mass is 388 g/mol. The molecule has 0 spiro atoms. The van der Waals surface area contributed by atoms with Crippen LogP contribution in [0.5, 0.6) is 0 Å². The minimum absolute atomic E-state index is 0.0815. The summed E-state index contributed by atoms with van der Waals surface area (Å²) in [6.07, 6.45) is 1.12. The second-order valence-corrected chi connectivity index (χ2v) is 10.3. The number of sulfonamides is 1. The molecule has 1 aliphatic rings. The van der Waals surface area contributed by atoms with Crippen molar-refractivity contribution in [2.45, 2.75) is 43.4 Å². The summed E-state index contributed by atoms with van der Waals surface area (Å²) in [7, 11) is -2.17. The number of nitrogens with zero attached hydrogens (tertiary/aromatic N) is 2. The highest BCUT2D eigenvalue weighted by Crippen LogP contribution is 2.29. The summed E-state index contributed by atoms with van der Waals surface area (Å²) >= 11 is 1.21. The van der Waals surface area contributed by atoms with Gasteiger partial charge in [0.25, 0.3) is 10.0 Å². The molecule has 0 saturated carbocycles. The Bertz CT molecular complexity index is 769. The molecule has 1 amide bonds. The maximum Gasteiger partial charge on any atom is 0.329 e. The predicted molar refractivity (Wildman–Crippen MR) is 95.0 cm³/mol. The number of carboxylic acid groups (broad SMARTS) is 1. The Morgan fingerprint density at radius 3 is 2.52 bits per heavy atom. The first-order chi connectivity index (χ1) is 11.5. The van der Waals surface area contributed by atoms with Crippen molar-refractivity contribution in [1.29, 1.82) is 0 Å². The lowest BCUT2D eigenvalue weighted by atomic mass is 9.95. The third-order valence-corrected chi connectivity index (χ3v) is 8.07. The Labute approximate surface area is 152 Å². The summed E-state index contributed by atoms with van der Waals surface area (Å²) < 4.78 is 27.1. The van der Waals surface area contributed by atoms with Gasteiger partial charge in [-0.1, -0.05) is 0 Å². The van der Waals surface area contributed by atoms with E-state index in [1.54, 1.807) is 12.1 Å². The highest BCUT2D eigenvalue weighted by Gasteiger charge is 2.40. The van der Waals surface area contributed by atoms with Crippen LogP contribution in [0.1, 0.15) is 31.6 Å². The molecule has 7 nitrogen and oxygen atoms in total. The van der Waals surface area contributed by atoms with E-state index in [-0.39, 0.29) is 16.7 Å². The highest BCUT2D eigenvalue weighted by atomic mass is 32.2. The van der Waals surface area contributed by atoms with E-state index in [0.29, 0.717) is 19.4 Å². The molecule has 2 heterocycles. The lowest BCUT2D eigenvalue weighted by Gasteiger charge is -2.37. The fourth-order valence-corrected chi connectivity index (χ4v) is 5.69. The molecule has 1 saturated heterocycles. The standard InChI is InChI=1S/C16H24N2O5S2/c1-11-7-8-13(24-11)25(22,23)18-9-5-6-12(10-18)14(19)17(4)16(2,3)15(20)21/h7-8,12H,5-6,9-10H2,1-4H3,(H,20,21). The van der Waals surface area contributed by atoms with E-state index < -0.39 is 27.4 Å². The first kappa shape index (κ1) is 19.9. The zero-order valence-corrected chi connectivity index (χ0v) is 16.5. The van der Waals surface area contributed by atoms with Gasteiger partial charge in [0.2, 0.25) is 5.91 Å². The van der Waals surface area contributed by atoms with Crippen molar-refractivity contribution in [3.63, 3.8) is 0 Å². The van der Waals surface area contributed by atoms with Crippen LogP contribution >= 0.6 is 11.3 Å². The van der Waals surface area contributed by atoms with Crippen LogP contribution < -0.4 is 0 Å². The largest absolute Gasteiger partial charge is 0.480 e. The van der Waals surface area contributed by atoms with Crippen LogP contribution in [0.4, 0.5) is 0 Å². The van der Waals surface area contributed by atoms with Gasteiger partial charge in [-0.15, -0.1) is 11.3 Å². The minimum Gasteiger partial charge on any atom is -0.480 e. The number of hydrogen-bond donors (Lipinski definition) is 1. The van der Waals surface area contributed by atoms with Crippen LogP contribution in [0.2, 0.25) is 0 Å². The SMILES string of the molecule is Cc1ccc(S(=O)(=O)N2CCCC(C(=O)N(C)C(C)(C)C(=O)O)C2)s1. The lowest BCUT2D eigenvalue weighted by molar-refractivity contribution is -0.157. The molecule has 1 aromatic rings. The molecular formula is C16H24N2O5S2. The molecule has 1 atom stereocenters. The zero-order valence-electron chi connectivity index (χ0n) is 14.9. The summed E-state index contributed by atoms with van der Waals surface area (Å²) in [6.45, 7) is 5.21. The topological polar surface area (TPSA) is 95.0 Å². The molecule has 25 heavy (non-hydrogen) atoms. The predicted octanol–water partition coefficient (Wildman–Crippen LogP) is 1.78. The van der Waals surface area contributed by atoms with Crippen LogP contribution in [0, 0.1) is 12.8 Å². The van der Waals surface area contributed by atoms with Gasteiger partial charge >= 0.3 is 5.97 Å². The number of hydrogen-bond acceptors (Lipinski definition) is 5. The van der Waals surface area contributed by atoms with Gasteiger partial charge in [0.05, 0.1) is 5.92 Å². The Morgan fingerprint density at radius 2 is 2.00 bits per heavy atom. The number of amides is 1. The van der Waals surface area contributed by atoms with Crippen molar-refractivity contribution in [1.82, 2.24) is 9.21 Å². The third-order valence-electron chi connectivity index (χ3n) is 4.74. The van der Waals surface area contributed by atoms with E-state index >= 15 is 0 Å². The number of thiophene rings is 1. The molecule has 0 aliphatic carbocycles. The minimum atomic E-state index is -3.62. The van der Waals surface area contributed by atoms with Gasteiger partial charge in [-0.2, -0.15) is 4.31 Å². The summed E-state index contributed by atoms with van der Waals surface area (Å²) in [5.74, 6) is -1.97. The number of rotatable bonds is 5. The Kier molecular flexibility index (Phi) is 5.60. The Balaban J connectivity index is 2.18. The summed E-state index contributed by atoms with van der Waals surface area (Å²) in [6, 6.07) is 3.34.